The number of nitrogens with one attached hydrogen (secondary N) is 1. The molecule has 3 rings (SSSR count). The second kappa shape index (κ2) is 8.51. The van der Waals surface area contributed by atoms with Crippen molar-refractivity contribution in [3.05, 3.63) is 24.3 Å². The van der Waals surface area contributed by atoms with Crippen LogP contribution in [0.15, 0.2) is 34.1 Å². The van der Waals surface area contributed by atoms with Crippen molar-refractivity contribution in [3.8, 4) is 0 Å². The van der Waals surface area contributed by atoms with Crippen LogP contribution in [0.4, 0.5) is 0 Å². The minimum absolute atomic E-state index is 0. The molecule has 0 radical (unpaired) electrons. The smallest absolute Gasteiger partial charge is 0.243 e. The standard InChI is InChI=1S/C15H23N3O5S2.ClH/c1-13-12-16-6-7-18(13)25(21,22)15-4-2-14(3-5-15)24(19,20)17-8-10-23-11-9-17;/h2-5,13,16H,6-12H2,1H3;1H. The number of ether oxygens (including phenoxy) is 1. The van der Waals surface area contributed by atoms with Gasteiger partial charge in [0.1, 0.15) is 0 Å². The molecule has 26 heavy (non-hydrogen) atoms. The molecule has 1 atom stereocenters. The Labute approximate surface area is 161 Å². The number of hydrogen-bond acceptors (Lipinski definition) is 6. The fourth-order valence-electron chi connectivity index (χ4n) is 3.03. The SMILES string of the molecule is CC1CNCCN1S(=O)(=O)c1ccc(S(=O)(=O)N2CCOCC2)cc1.Cl. The maximum Gasteiger partial charge on any atom is 0.243 e. The van der Waals surface area contributed by atoms with Gasteiger partial charge in [-0.3, -0.25) is 0 Å². The van der Waals surface area contributed by atoms with E-state index in [1.54, 1.807) is 0 Å². The van der Waals surface area contributed by atoms with Crippen LogP contribution in [-0.2, 0) is 24.8 Å². The molecule has 0 aliphatic carbocycles. The van der Waals surface area contributed by atoms with Crippen molar-refractivity contribution >= 4 is 32.5 Å². The molecule has 2 heterocycles. The van der Waals surface area contributed by atoms with Gasteiger partial charge in [0.05, 0.1) is 23.0 Å². The molecule has 0 bridgehead atoms. The zero-order valence-electron chi connectivity index (χ0n) is 14.5. The Bertz CT molecular complexity index is 808. The van der Waals surface area contributed by atoms with Gasteiger partial charge in [0, 0.05) is 38.8 Å². The first-order valence-electron chi connectivity index (χ1n) is 8.24. The summed E-state index contributed by atoms with van der Waals surface area (Å²) in [4.78, 5) is 0.212. The molecule has 1 aromatic rings. The summed E-state index contributed by atoms with van der Waals surface area (Å²) in [7, 11) is -7.26. The van der Waals surface area contributed by atoms with E-state index in [1.165, 1.54) is 32.9 Å². The van der Waals surface area contributed by atoms with E-state index in [9.17, 15) is 16.8 Å². The minimum Gasteiger partial charge on any atom is -0.379 e. The maximum absolute atomic E-state index is 12.8. The normalized spacial score (nSPS) is 23.3. The topological polar surface area (TPSA) is 96.0 Å². The molecule has 2 aliphatic heterocycles. The number of benzene rings is 1. The first-order valence-corrected chi connectivity index (χ1v) is 11.1. The van der Waals surface area contributed by atoms with Crippen LogP contribution in [0.2, 0.25) is 0 Å². The summed E-state index contributed by atoms with van der Waals surface area (Å²) in [6, 6.07) is 5.33. The Hall–Kier alpha value is -0.750. The largest absolute Gasteiger partial charge is 0.379 e. The average Bonchev–Trinajstić information content (AvgIpc) is 2.63. The second-order valence-corrected chi connectivity index (χ2v) is 9.99. The number of hydrogen-bond donors (Lipinski definition) is 1. The van der Waals surface area contributed by atoms with Gasteiger partial charge in [-0.1, -0.05) is 0 Å². The lowest BCUT2D eigenvalue weighted by atomic mass is 10.3. The van der Waals surface area contributed by atoms with E-state index in [0.29, 0.717) is 45.9 Å². The van der Waals surface area contributed by atoms with Crippen molar-refractivity contribution in [2.75, 3.05) is 45.9 Å². The van der Waals surface area contributed by atoms with Crippen LogP contribution in [-0.4, -0.2) is 77.4 Å². The molecule has 0 saturated carbocycles. The molecule has 0 spiro atoms. The van der Waals surface area contributed by atoms with Gasteiger partial charge in [0.25, 0.3) is 0 Å². The molecule has 1 unspecified atom stereocenters. The van der Waals surface area contributed by atoms with Crippen LogP contribution >= 0.6 is 12.4 Å². The van der Waals surface area contributed by atoms with Crippen LogP contribution in [0.3, 0.4) is 0 Å². The van der Waals surface area contributed by atoms with Crippen molar-refractivity contribution in [2.45, 2.75) is 22.8 Å². The summed E-state index contributed by atoms with van der Waals surface area (Å²) in [5.74, 6) is 0. The second-order valence-electron chi connectivity index (χ2n) is 6.16. The molecule has 2 aliphatic rings. The van der Waals surface area contributed by atoms with Crippen molar-refractivity contribution in [3.63, 3.8) is 0 Å². The summed E-state index contributed by atoms with van der Waals surface area (Å²) in [5, 5.41) is 3.15. The van der Waals surface area contributed by atoms with Crippen molar-refractivity contribution in [1.82, 2.24) is 13.9 Å². The Balaban J connectivity index is 0.00000243. The van der Waals surface area contributed by atoms with Crippen molar-refractivity contribution in [2.24, 2.45) is 0 Å². The Morgan fingerprint density at radius 2 is 1.50 bits per heavy atom. The van der Waals surface area contributed by atoms with Crippen LogP contribution < -0.4 is 5.32 Å². The quantitative estimate of drug-likeness (QED) is 0.735. The van der Waals surface area contributed by atoms with Gasteiger partial charge in [-0.25, -0.2) is 16.8 Å². The Morgan fingerprint density at radius 1 is 0.962 bits per heavy atom. The highest BCUT2D eigenvalue weighted by molar-refractivity contribution is 7.89. The van der Waals surface area contributed by atoms with Gasteiger partial charge in [-0.05, 0) is 31.2 Å². The highest BCUT2D eigenvalue weighted by Crippen LogP contribution is 2.23. The Kier molecular flexibility index (Phi) is 7.05. The van der Waals surface area contributed by atoms with Crippen molar-refractivity contribution < 1.29 is 21.6 Å². The third-order valence-electron chi connectivity index (χ3n) is 4.48. The fourth-order valence-corrected chi connectivity index (χ4v) is 6.07. The van der Waals surface area contributed by atoms with Crippen LogP contribution in [0.1, 0.15) is 6.92 Å². The molecule has 11 heteroatoms. The van der Waals surface area contributed by atoms with Gasteiger partial charge in [-0.15, -0.1) is 12.4 Å². The van der Waals surface area contributed by atoms with Crippen LogP contribution in [0, 0.1) is 0 Å². The first kappa shape index (κ1) is 21.5. The number of nitrogens with zero attached hydrogens (tertiary/aromatic N) is 2. The molecular formula is C15H24ClN3O5S2. The molecule has 0 amide bonds. The van der Waals surface area contributed by atoms with Gasteiger partial charge < -0.3 is 10.1 Å². The zero-order chi connectivity index (χ0) is 18.1. The summed E-state index contributed by atoms with van der Waals surface area (Å²) < 4.78 is 58.8. The third kappa shape index (κ3) is 4.22. The summed E-state index contributed by atoms with van der Waals surface area (Å²) in [6.07, 6.45) is 0. The van der Waals surface area contributed by atoms with E-state index in [-0.39, 0.29) is 28.2 Å². The van der Waals surface area contributed by atoms with Gasteiger partial charge in [0.15, 0.2) is 0 Å². The fraction of sp³-hybridized carbons (Fsp3) is 0.600. The molecular weight excluding hydrogens is 402 g/mol. The average molecular weight is 426 g/mol. The number of morpholine rings is 1. The van der Waals surface area contributed by atoms with Crippen LogP contribution in [0.5, 0.6) is 0 Å². The summed E-state index contributed by atoms with van der Waals surface area (Å²) >= 11 is 0. The highest BCUT2D eigenvalue weighted by atomic mass is 35.5. The lowest BCUT2D eigenvalue weighted by Crippen LogP contribution is -2.52. The monoisotopic (exact) mass is 425 g/mol. The van der Waals surface area contributed by atoms with E-state index in [2.05, 4.69) is 5.32 Å². The van der Waals surface area contributed by atoms with Gasteiger partial charge in [-0.2, -0.15) is 8.61 Å². The van der Waals surface area contributed by atoms with Gasteiger partial charge in [0.2, 0.25) is 20.0 Å². The number of sulfonamides is 2. The molecule has 2 fully saturated rings. The first-order chi connectivity index (χ1) is 11.8. The predicted octanol–water partition coefficient (Wildman–Crippen LogP) is 0.112. The molecule has 1 N–H and O–H groups in total. The summed E-state index contributed by atoms with van der Waals surface area (Å²) in [6.45, 7) is 4.80. The van der Waals surface area contributed by atoms with Crippen LogP contribution in [0.25, 0.3) is 0 Å². The minimum atomic E-state index is -3.63. The highest BCUT2D eigenvalue weighted by Gasteiger charge is 2.32. The third-order valence-corrected chi connectivity index (χ3v) is 8.42. The zero-order valence-corrected chi connectivity index (χ0v) is 16.9. The van der Waals surface area contributed by atoms with E-state index in [1.807, 2.05) is 6.92 Å². The number of rotatable bonds is 4. The van der Waals surface area contributed by atoms with E-state index in [4.69, 9.17) is 4.74 Å². The number of piperazine rings is 1. The Morgan fingerprint density at radius 3 is 2.04 bits per heavy atom. The summed E-state index contributed by atoms with van der Waals surface area (Å²) in [5.41, 5.74) is 0. The van der Waals surface area contributed by atoms with Crippen molar-refractivity contribution in [1.29, 1.82) is 0 Å². The molecule has 0 aromatic heterocycles. The van der Waals surface area contributed by atoms with Gasteiger partial charge >= 0.3 is 0 Å². The predicted molar refractivity (Wildman–Crippen MR) is 99.5 cm³/mol. The number of halogens is 1. The van der Waals surface area contributed by atoms with E-state index in [0.717, 1.165) is 0 Å². The molecule has 148 valence electrons. The van der Waals surface area contributed by atoms with E-state index >= 15 is 0 Å². The molecule has 8 nitrogen and oxygen atoms in total. The maximum atomic E-state index is 12.8. The molecule has 1 aromatic carbocycles. The lowest BCUT2D eigenvalue weighted by Gasteiger charge is -2.32. The van der Waals surface area contributed by atoms with E-state index < -0.39 is 20.0 Å². The lowest BCUT2D eigenvalue weighted by molar-refractivity contribution is 0.0730. The molecule has 2 saturated heterocycles.